The standard InChI is InChI=1S/C18H16N4/c19-13-7-5-11(6-8-13)16-9-12-10-21-18(20)22-17(12)15-4-2-1-3-14(15)16/h1-8,10,16H,9,19H2,(H2,20,21,22). The summed E-state index contributed by atoms with van der Waals surface area (Å²) in [6, 6.07) is 16.5. The third kappa shape index (κ3) is 2.00. The number of nitrogen functional groups attached to an aromatic ring is 2. The Labute approximate surface area is 128 Å². The lowest BCUT2D eigenvalue weighted by Gasteiger charge is -2.27. The van der Waals surface area contributed by atoms with Gasteiger partial charge >= 0.3 is 0 Å². The molecule has 0 fully saturated rings. The maximum Gasteiger partial charge on any atom is 0.220 e. The van der Waals surface area contributed by atoms with Crippen molar-refractivity contribution in [2.24, 2.45) is 0 Å². The predicted molar refractivity (Wildman–Crippen MR) is 88.3 cm³/mol. The van der Waals surface area contributed by atoms with Crippen LogP contribution in [-0.4, -0.2) is 9.97 Å². The first kappa shape index (κ1) is 12.8. The molecule has 1 aliphatic carbocycles. The Morgan fingerprint density at radius 2 is 1.73 bits per heavy atom. The van der Waals surface area contributed by atoms with Gasteiger partial charge in [-0.15, -0.1) is 0 Å². The SMILES string of the molecule is Nc1ccc(C2Cc3cnc(N)nc3-c3ccccc32)cc1. The summed E-state index contributed by atoms with van der Waals surface area (Å²) in [5.41, 5.74) is 18.1. The van der Waals surface area contributed by atoms with Gasteiger partial charge in [0.2, 0.25) is 5.95 Å². The van der Waals surface area contributed by atoms with E-state index in [1.54, 1.807) is 0 Å². The zero-order valence-electron chi connectivity index (χ0n) is 12.0. The van der Waals surface area contributed by atoms with Gasteiger partial charge in [0.15, 0.2) is 0 Å². The van der Waals surface area contributed by atoms with E-state index in [1.807, 2.05) is 24.4 Å². The van der Waals surface area contributed by atoms with Crippen LogP contribution in [0.1, 0.15) is 22.6 Å². The summed E-state index contributed by atoms with van der Waals surface area (Å²) < 4.78 is 0. The maximum absolute atomic E-state index is 5.81. The average molecular weight is 288 g/mol. The minimum absolute atomic E-state index is 0.288. The quantitative estimate of drug-likeness (QED) is 0.675. The lowest BCUT2D eigenvalue weighted by Crippen LogP contribution is -2.15. The Morgan fingerprint density at radius 3 is 2.55 bits per heavy atom. The van der Waals surface area contributed by atoms with E-state index in [2.05, 4.69) is 40.3 Å². The van der Waals surface area contributed by atoms with Gasteiger partial charge < -0.3 is 11.5 Å². The van der Waals surface area contributed by atoms with Crippen molar-refractivity contribution in [3.8, 4) is 11.3 Å². The fourth-order valence-electron chi connectivity index (χ4n) is 3.18. The molecule has 0 saturated carbocycles. The second-order valence-corrected chi connectivity index (χ2v) is 5.61. The monoisotopic (exact) mass is 288 g/mol. The Morgan fingerprint density at radius 1 is 0.955 bits per heavy atom. The number of anilines is 2. The molecule has 1 unspecified atom stereocenters. The zero-order chi connectivity index (χ0) is 15.1. The Kier molecular flexibility index (Phi) is 2.82. The molecule has 1 aliphatic rings. The van der Waals surface area contributed by atoms with Crippen LogP contribution in [0.5, 0.6) is 0 Å². The van der Waals surface area contributed by atoms with E-state index in [1.165, 1.54) is 11.1 Å². The van der Waals surface area contributed by atoms with Gasteiger partial charge in [-0.3, -0.25) is 0 Å². The molecule has 4 N–H and O–H groups in total. The van der Waals surface area contributed by atoms with Gasteiger partial charge in [-0.05, 0) is 35.2 Å². The van der Waals surface area contributed by atoms with Gasteiger partial charge in [0.25, 0.3) is 0 Å². The summed E-state index contributed by atoms with van der Waals surface area (Å²) >= 11 is 0. The van der Waals surface area contributed by atoms with Crippen LogP contribution in [0.2, 0.25) is 0 Å². The van der Waals surface area contributed by atoms with Gasteiger partial charge in [-0.2, -0.15) is 0 Å². The number of nitrogens with zero attached hydrogens (tertiary/aromatic N) is 2. The molecule has 4 nitrogen and oxygen atoms in total. The van der Waals surface area contributed by atoms with Gasteiger partial charge in [-0.25, -0.2) is 9.97 Å². The van der Waals surface area contributed by atoms with Crippen LogP contribution in [-0.2, 0) is 6.42 Å². The van der Waals surface area contributed by atoms with Gasteiger partial charge in [0, 0.05) is 23.4 Å². The Balaban J connectivity index is 1.90. The van der Waals surface area contributed by atoms with Crippen LogP contribution in [0.25, 0.3) is 11.3 Å². The number of aromatic nitrogens is 2. The second kappa shape index (κ2) is 4.84. The van der Waals surface area contributed by atoms with Crippen molar-refractivity contribution >= 4 is 11.6 Å². The van der Waals surface area contributed by atoms with Crippen molar-refractivity contribution in [1.29, 1.82) is 0 Å². The molecule has 0 amide bonds. The molecule has 4 rings (SSSR count). The Bertz CT molecular complexity index is 840. The molecule has 0 spiro atoms. The van der Waals surface area contributed by atoms with Crippen LogP contribution in [0, 0.1) is 0 Å². The molecular weight excluding hydrogens is 272 g/mol. The van der Waals surface area contributed by atoms with Crippen molar-refractivity contribution in [2.75, 3.05) is 11.5 Å². The van der Waals surface area contributed by atoms with Crippen LogP contribution in [0.15, 0.2) is 54.7 Å². The summed E-state index contributed by atoms with van der Waals surface area (Å²) in [6.07, 6.45) is 2.72. The molecule has 3 aromatic rings. The first-order valence-corrected chi connectivity index (χ1v) is 7.28. The Hall–Kier alpha value is -2.88. The van der Waals surface area contributed by atoms with Gasteiger partial charge in [0.1, 0.15) is 0 Å². The van der Waals surface area contributed by atoms with Crippen molar-refractivity contribution in [3.05, 3.63) is 71.4 Å². The largest absolute Gasteiger partial charge is 0.399 e. The molecule has 0 bridgehead atoms. The first-order chi connectivity index (χ1) is 10.7. The van der Waals surface area contributed by atoms with E-state index in [0.717, 1.165) is 28.9 Å². The molecule has 1 aromatic heterocycles. The summed E-state index contributed by atoms with van der Waals surface area (Å²) in [4.78, 5) is 8.60. The first-order valence-electron chi connectivity index (χ1n) is 7.28. The van der Waals surface area contributed by atoms with E-state index in [0.29, 0.717) is 5.95 Å². The second-order valence-electron chi connectivity index (χ2n) is 5.61. The number of benzene rings is 2. The smallest absolute Gasteiger partial charge is 0.220 e. The van der Waals surface area contributed by atoms with Crippen molar-refractivity contribution in [2.45, 2.75) is 12.3 Å². The number of nitrogens with two attached hydrogens (primary N) is 2. The number of fused-ring (bicyclic) bond motifs is 3. The van der Waals surface area contributed by atoms with E-state index >= 15 is 0 Å². The normalized spacial score (nSPS) is 15.9. The van der Waals surface area contributed by atoms with E-state index in [9.17, 15) is 0 Å². The molecule has 108 valence electrons. The highest BCUT2D eigenvalue weighted by molar-refractivity contribution is 5.72. The van der Waals surface area contributed by atoms with E-state index < -0.39 is 0 Å². The zero-order valence-corrected chi connectivity index (χ0v) is 12.0. The van der Waals surface area contributed by atoms with Crippen LogP contribution in [0.4, 0.5) is 11.6 Å². The number of hydrogen-bond donors (Lipinski definition) is 2. The summed E-state index contributed by atoms with van der Waals surface area (Å²) in [6.45, 7) is 0. The molecule has 4 heteroatoms. The van der Waals surface area contributed by atoms with Crippen molar-refractivity contribution in [3.63, 3.8) is 0 Å². The van der Waals surface area contributed by atoms with E-state index in [-0.39, 0.29) is 5.92 Å². The fourth-order valence-corrected chi connectivity index (χ4v) is 3.18. The molecule has 22 heavy (non-hydrogen) atoms. The number of rotatable bonds is 1. The summed E-state index contributed by atoms with van der Waals surface area (Å²) in [5.74, 6) is 0.607. The maximum atomic E-state index is 5.81. The molecule has 0 aliphatic heterocycles. The lowest BCUT2D eigenvalue weighted by molar-refractivity contribution is 0.783. The van der Waals surface area contributed by atoms with Crippen molar-refractivity contribution in [1.82, 2.24) is 9.97 Å². The molecule has 1 atom stereocenters. The van der Waals surface area contributed by atoms with Gasteiger partial charge in [-0.1, -0.05) is 36.4 Å². The molecule has 0 saturated heterocycles. The summed E-state index contributed by atoms with van der Waals surface area (Å²) in [7, 11) is 0. The minimum Gasteiger partial charge on any atom is -0.399 e. The highest BCUT2D eigenvalue weighted by Crippen LogP contribution is 2.41. The third-order valence-corrected chi connectivity index (χ3v) is 4.24. The number of hydrogen-bond acceptors (Lipinski definition) is 4. The summed E-state index contributed by atoms with van der Waals surface area (Å²) in [5, 5.41) is 0. The van der Waals surface area contributed by atoms with Crippen LogP contribution < -0.4 is 11.5 Å². The molecular formula is C18H16N4. The third-order valence-electron chi connectivity index (χ3n) is 4.24. The van der Waals surface area contributed by atoms with Crippen molar-refractivity contribution < 1.29 is 0 Å². The average Bonchev–Trinajstić information content (AvgIpc) is 2.55. The molecule has 1 heterocycles. The topological polar surface area (TPSA) is 77.8 Å². The van der Waals surface area contributed by atoms with E-state index in [4.69, 9.17) is 11.5 Å². The predicted octanol–water partition coefficient (Wildman–Crippen LogP) is 3.00. The van der Waals surface area contributed by atoms with Crippen LogP contribution in [0.3, 0.4) is 0 Å². The lowest BCUT2D eigenvalue weighted by atomic mass is 9.78. The minimum atomic E-state index is 0.288. The van der Waals surface area contributed by atoms with Crippen LogP contribution >= 0.6 is 0 Å². The fraction of sp³-hybridized carbons (Fsp3) is 0.111. The molecule has 2 aromatic carbocycles. The van der Waals surface area contributed by atoms with Gasteiger partial charge in [0.05, 0.1) is 5.69 Å². The highest BCUT2D eigenvalue weighted by atomic mass is 15.0. The highest BCUT2D eigenvalue weighted by Gasteiger charge is 2.27. The molecule has 0 radical (unpaired) electrons.